The molecule has 1 aliphatic heterocycles. The van der Waals surface area contributed by atoms with Crippen molar-refractivity contribution < 1.29 is 34.2 Å². The molecule has 1 saturated heterocycles. The predicted molar refractivity (Wildman–Crippen MR) is 123 cm³/mol. The first kappa shape index (κ1) is 21.1. The Morgan fingerprint density at radius 3 is 2.15 bits per heavy atom. The van der Waals surface area contributed by atoms with Gasteiger partial charge in [-0.1, -0.05) is 54.6 Å². The van der Waals surface area contributed by atoms with E-state index in [9.17, 15) is 24.9 Å². The standard InChI is InChI=1S/C26H21BO7/c1-13(28)26-11-17-19(18(12-26)33-27(34-26)14-7-3-2-4-8-14)25(32)21-20(24(17)31)22(29)15-9-5-6-10-16(15)23(21)30/h2-10,13,18,28,31-32H,11-12H2,1H3/t13-,18-,26-/m0/s1. The summed E-state index contributed by atoms with van der Waals surface area (Å²) in [7, 11) is -0.821. The van der Waals surface area contributed by atoms with Crippen LogP contribution in [0.2, 0.25) is 0 Å². The zero-order valence-electron chi connectivity index (χ0n) is 18.3. The number of phenols is 2. The highest BCUT2D eigenvalue weighted by molar-refractivity contribution is 6.61. The number of aliphatic hydroxyl groups excluding tert-OH is 1. The minimum Gasteiger partial charge on any atom is -0.507 e. The highest BCUT2D eigenvalue weighted by Gasteiger charge is 2.54. The Bertz CT molecular complexity index is 1370. The number of aromatic hydroxyl groups is 2. The Labute approximate surface area is 195 Å². The number of ketones is 2. The molecule has 3 aromatic rings. The number of carbonyl (C=O) groups is 2. The molecular weight excluding hydrogens is 435 g/mol. The summed E-state index contributed by atoms with van der Waals surface area (Å²) in [5.74, 6) is -1.81. The normalized spacial score (nSPS) is 23.7. The molecule has 34 heavy (non-hydrogen) atoms. The van der Waals surface area contributed by atoms with Crippen molar-refractivity contribution in [1.82, 2.24) is 0 Å². The second-order valence-corrected chi connectivity index (χ2v) is 9.15. The maximum Gasteiger partial charge on any atom is 0.494 e. The van der Waals surface area contributed by atoms with Gasteiger partial charge in [0.15, 0.2) is 11.6 Å². The van der Waals surface area contributed by atoms with E-state index in [1.807, 2.05) is 30.3 Å². The Balaban J connectivity index is 1.56. The molecule has 0 aromatic heterocycles. The number of carbonyl (C=O) groups excluding carboxylic acids is 2. The summed E-state index contributed by atoms with van der Waals surface area (Å²) >= 11 is 0. The van der Waals surface area contributed by atoms with Crippen molar-refractivity contribution in [2.75, 3.05) is 0 Å². The lowest BCUT2D eigenvalue weighted by Crippen LogP contribution is -2.60. The van der Waals surface area contributed by atoms with Gasteiger partial charge in [0.25, 0.3) is 0 Å². The smallest absolute Gasteiger partial charge is 0.494 e. The molecule has 8 heteroatoms. The molecule has 0 saturated carbocycles. The Morgan fingerprint density at radius 1 is 0.941 bits per heavy atom. The summed E-state index contributed by atoms with van der Waals surface area (Å²) in [5, 5.41) is 33.4. The molecule has 3 atom stereocenters. The van der Waals surface area contributed by atoms with Crippen LogP contribution in [0.4, 0.5) is 0 Å². The molecule has 2 bridgehead atoms. The van der Waals surface area contributed by atoms with Crippen LogP contribution in [-0.2, 0) is 15.7 Å². The molecule has 0 unspecified atom stereocenters. The average Bonchev–Trinajstić information content (AvgIpc) is 2.84. The van der Waals surface area contributed by atoms with Gasteiger partial charge in [0, 0.05) is 35.1 Å². The van der Waals surface area contributed by atoms with Gasteiger partial charge in [0.1, 0.15) is 11.5 Å². The lowest BCUT2D eigenvalue weighted by atomic mass is 9.66. The number of aliphatic hydroxyl groups is 1. The van der Waals surface area contributed by atoms with Crippen LogP contribution in [0.3, 0.4) is 0 Å². The first-order valence-electron chi connectivity index (χ1n) is 11.2. The summed E-state index contributed by atoms with van der Waals surface area (Å²) in [6.45, 7) is 1.61. The van der Waals surface area contributed by atoms with E-state index in [1.54, 1.807) is 19.1 Å². The van der Waals surface area contributed by atoms with E-state index < -0.39 is 36.5 Å². The minimum atomic E-state index is -1.12. The fourth-order valence-corrected chi connectivity index (χ4v) is 5.47. The molecule has 1 fully saturated rings. The maximum absolute atomic E-state index is 13.3. The van der Waals surface area contributed by atoms with Gasteiger partial charge in [-0.05, 0) is 12.4 Å². The van der Waals surface area contributed by atoms with Crippen molar-refractivity contribution >= 4 is 24.1 Å². The zero-order valence-corrected chi connectivity index (χ0v) is 18.3. The van der Waals surface area contributed by atoms with Crippen molar-refractivity contribution in [3.8, 4) is 11.5 Å². The van der Waals surface area contributed by atoms with Crippen LogP contribution in [0, 0.1) is 0 Å². The van der Waals surface area contributed by atoms with Gasteiger partial charge in [0.2, 0.25) is 0 Å². The Morgan fingerprint density at radius 2 is 1.53 bits per heavy atom. The second-order valence-electron chi connectivity index (χ2n) is 9.15. The number of fused-ring (bicyclic) bond motifs is 6. The van der Waals surface area contributed by atoms with E-state index in [2.05, 4.69) is 0 Å². The summed E-state index contributed by atoms with van der Waals surface area (Å²) < 4.78 is 12.5. The summed E-state index contributed by atoms with van der Waals surface area (Å²) in [4.78, 5) is 26.6. The number of phenolic OH excluding ortho intramolecular Hbond substituents is 2. The van der Waals surface area contributed by atoms with Crippen molar-refractivity contribution in [2.45, 2.75) is 37.6 Å². The maximum atomic E-state index is 13.3. The molecule has 7 nitrogen and oxygen atoms in total. The third-order valence-electron chi connectivity index (χ3n) is 7.25. The molecule has 0 amide bonds. The van der Waals surface area contributed by atoms with Gasteiger partial charge in [-0.15, -0.1) is 0 Å². The molecule has 3 aliphatic rings. The van der Waals surface area contributed by atoms with Crippen LogP contribution in [0.15, 0.2) is 54.6 Å². The highest BCUT2D eigenvalue weighted by atomic mass is 16.6. The molecule has 1 heterocycles. The van der Waals surface area contributed by atoms with E-state index in [1.165, 1.54) is 12.1 Å². The largest absolute Gasteiger partial charge is 0.507 e. The monoisotopic (exact) mass is 456 g/mol. The molecular formula is C26H21BO7. The van der Waals surface area contributed by atoms with Gasteiger partial charge in [-0.2, -0.15) is 0 Å². The van der Waals surface area contributed by atoms with Crippen LogP contribution in [0.1, 0.15) is 62.4 Å². The number of hydrogen-bond acceptors (Lipinski definition) is 7. The van der Waals surface area contributed by atoms with Crippen LogP contribution < -0.4 is 5.46 Å². The van der Waals surface area contributed by atoms with E-state index in [-0.39, 0.29) is 57.7 Å². The molecule has 2 aliphatic carbocycles. The SMILES string of the molecule is C[C@H](O)[C@]12Cc3c(O)c4c(c(O)c3[C@H](C1)OB(c1ccccc1)O2)C(=O)c1ccccc1C4=O. The Kier molecular flexibility index (Phi) is 4.51. The topological polar surface area (TPSA) is 113 Å². The van der Waals surface area contributed by atoms with E-state index in [0.29, 0.717) is 0 Å². The first-order chi connectivity index (χ1) is 16.3. The number of hydrogen-bond donors (Lipinski definition) is 3. The van der Waals surface area contributed by atoms with Gasteiger partial charge >= 0.3 is 7.12 Å². The summed E-state index contributed by atoms with van der Waals surface area (Å²) in [6.07, 6.45) is -1.45. The van der Waals surface area contributed by atoms with Crippen molar-refractivity contribution in [3.63, 3.8) is 0 Å². The van der Waals surface area contributed by atoms with E-state index in [4.69, 9.17) is 9.31 Å². The fourth-order valence-electron chi connectivity index (χ4n) is 5.47. The van der Waals surface area contributed by atoms with Crippen molar-refractivity contribution in [2.24, 2.45) is 0 Å². The average molecular weight is 456 g/mol. The van der Waals surface area contributed by atoms with Gasteiger partial charge in [-0.3, -0.25) is 9.59 Å². The molecule has 170 valence electrons. The zero-order chi connectivity index (χ0) is 23.8. The lowest BCUT2D eigenvalue weighted by Gasteiger charge is -2.50. The molecule has 3 aromatic carbocycles. The van der Waals surface area contributed by atoms with Crippen LogP contribution in [0.25, 0.3) is 0 Å². The van der Waals surface area contributed by atoms with Crippen molar-refractivity contribution in [3.05, 3.63) is 88.0 Å². The van der Waals surface area contributed by atoms with Gasteiger partial charge < -0.3 is 24.6 Å². The quantitative estimate of drug-likeness (QED) is 0.314. The van der Waals surface area contributed by atoms with Gasteiger partial charge in [0.05, 0.1) is 28.9 Å². The van der Waals surface area contributed by atoms with Gasteiger partial charge in [-0.25, -0.2) is 0 Å². The van der Waals surface area contributed by atoms with Crippen molar-refractivity contribution in [1.29, 1.82) is 0 Å². The number of benzene rings is 3. The Hall–Kier alpha value is -3.46. The molecule has 0 spiro atoms. The molecule has 3 N–H and O–H groups in total. The molecule has 6 rings (SSSR count). The van der Waals surface area contributed by atoms with Crippen LogP contribution >= 0.6 is 0 Å². The second kappa shape index (κ2) is 7.27. The summed E-state index contributed by atoms with van der Waals surface area (Å²) in [6, 6.07) is 15.6. The third-order valence-corrected chi connectivity index (χ3v) is 7.25. The lowest BCUT2D eigenvalue weighted by molar-refractivity contribution is -0.124. The fraction of sp³-hybridized carbons (Fsp3) is 0.231. The van der Waals surface area contributed by atoms with Crippen LogP contribution in [0.5, 0.6) is 11.5 Å². The molecule has 0 radical (unpaired) electrons. The third kappa shape index (κ3) is 2.76. The van der Waals surface area contributed by atoms with E-state index >= 15 is 0 Å². The minimum absolute atomic E-state index is 0.0407. The predicted octanol–water partition coefficient (Wildman–Crippen LogP) is 2.42. The summed E-state index contributed by atoms with van der Waals surface area (Å²) in [5.41, 5.74) is 0.0524. The highest BCUT2D eigenvalue weighted by Crippen LogP contribution is 2.54. The van der Waals surface area contributed by atoms with E-state index in [0.717, 1.165) is 5.46 Å². The van der Waals surface area contributed by atoms with Crippen LogP contribution in [-0.4, -0.2) is 45.7 Å². The first-order valence-corrected chi connectivity index (χ1v) is 11.2. The number of rotatable bonds is 2.